The van der Waals surface area contributed by atoms with E-state index < -0.39 is 0 Å². The van der Waals surface area contributed by atoms with Gasteiger partial charge in [0.05, 0.1) is 12.1 Å². The molecule has 0 aliphatic heterocycles. The second kappa shape index (κ2) is 6.34. The molecule has 5 heteroatoms. The Morgan fingerprint density at radius 3 is 2.85 bits per heavy atom. The summed E-state index contributed by atoms with van der Waals surface area (Å²) in [5.74, 6) is 0.465. The summed E-state index contributed by atoms with van der Waals surface area (Å²) in [6, 6.07) is 9.27. The normalized spacial score (nSPS) is 12.3. The van der Waals surface area contributed by atoms with Crippen LogP contribution < -0.4 is 10.5 Å². The van der Waals surface area contributed by atoms with Crippen molar-refractivity contribution in [1.82, 2.24) is 4.98 Å². The van der Waals surface area contributed by atoms with Crippen molar-refractivity contribution in [1.29, 1.82) is 5.41 Å². The number of benzene rings is 1. The van der Waals surface area contributed by atoms with E-state index in [4.69, 9.17) is 20.6 Å². The van der Waals surface area contributed by atoms with Crippen LogP contribution in [0.1, 0.15) is 19.4 Å². The Hall–Kier alpha value is -2.14. The highest BCUT2D eigenvalue weighted by Crippen LogP contribution is 2.22. The molecule has 0 amide bonds. The molecule has 106 valence electrons. The molecule has 1 aromatic carbocycles. The minimum absolute atomic E-state index is 0.00547. The number of para-hydroxylation sites is 1. The molecule has 1 aromatic heterocycles. The van der Waals surface area contributed by atoms with Crippen LogP contribution in [0.25, 0.3) is 10.9 Å². The summed E-state index contributed by atoms with van der Waals surface area (Å²) in [7, 11) is 0. The number of ether oxygens (including phenoxy) is 2. The highest BCUT2D eigenvalue weighted by molar-refractivity contribution is 6.06. The Kier molecular flexibility index (Phi) is 4.53. The maximum atomic E-state index is 7.68. The average Bonchev–Trinajstić information content (AvgIpc) is 2.44. The van der Waals surface area contributed by atoms with Gasteiger partial charge < -0.3 is 15.2 Å². The SMILES string of the molecule is CCOCC(C)Oc1cc(C(=N)N)c2ccccc2n1. The highest BCUT2D eigenvalue weighted by atomic mass is 16.5. The van der Waals surface area contributed by atoms with Crippen molar-refractivity contribution in [3.05, 3.63) is 35.9 Å². The van der Waals surface area contributed by atoms with Gasteiger partial charge in [-0.05, 0) is 19.9 Å². The fraction of sp³-hybridized carbons (Fsp3) is 0.333. The molecule has 2 rings (SSSR count). The zero-order chi connectivity index (χ0) is 14.5. The van der Waals surface area contributed by atoms with Gasteiger partial charge in [0.2, 0.25) is 5.88 Å². The first-order valence-corrected chi connectivity index (χ1v) is 6.60. The average molecular weight is 273 g/mol. The van der Waals surface area contributed by atoms with E-state index in [0.29, 0.717) is 24.7 Å². The third-order valence-corrected chi connectivity index (χ3v) is 2.86. The van der Waals surface area contributed by atoms with Crippen molar-refractivity contribution in [2.24, 2.45) is 5.73 Å². The zero-order valence-electron chi connectivity index (χ0n) is 11.7. The van der Waals surface area contributed by atoms with Crippen LogP contribution in [-0.2, 0) is 4.74 Å². The molecule has 0 spiro atoms. The molecule has 0 saturated carbocycles. The van der Waals surface area contributed by atoms with Crippen molar-refractivity contribution in [3.8, 4) is 5.88 Å². The number of nitrogens with zero attached hydrogens (tertiary/aromatic N) is 1. The summed E-state index contributed by atoms with van der Waals surface area (Å²) in [6.07, 6.45) is -0.108. The highest BCUT2D eigenvalue weighted by Gasteiger charge is 2.11. The first-order chi connectivity index (χ1) is 9.61. The summed E-state index contributed by atoms with van der Waals surface area (Å²) >= 11 is 0. The van der Waals surface area contributed by atoms with E-state index in [0.717, 1.165) is 10.9 Å². The molecule has 5 nitrogen and oxygen atoms in total. The van der Waals surface area contributed by atoms with Gasteiger partial charge in [-0.1, -0.05) is 18.2 Å². The van der Waals surface area contributed by atoms with E-state index in [1.807, 2.05) is 38.1 Å². The van der Waals surface area contributed by atoms with E-state index in [-0.39, 0.29) is 11.9 Å². The molecule has 0 fully saturated rings. The maximum Gasteiger partial charge on any atom is 0.214 e. The van der Waals surface area contributed by atoms with Gasteiger partial charge in [0.1, 0.15) is 11.9 Å². The number of hydrogen-bond donors (Lipinski definition) is 2. The minimum Gasteiger partial charge on any atom is -0.472 e. The lowest BCUT2D eigenvalue weighted by Gasteiger charge is -2.15. The number of hydrogen-bond acceptors (Lipinski definition) is 4. The van der Waals surface area contributed by atoms with E-state index in [9.17, 15) is 0 Å². The number of nitrogen functional groups attached to an aromatic ring is 1. The second-order valence-electron chi connectivity index (χ2n) is 4.53. The molecule has 1 heterocycles. The van der Waals surface area contributed by atoms with Gasteiger partial charge in [0.25, 0.3) is 0 Å². The standard InChI is InChI=1S/C15H19N3O2/c1-3-19-9-10(2)20-14-8-12(15(16)17)11-6-4-5-7-13(11)18-14/h4-8,10H,3,9H2,1-2H3,(H3,16,17). The summed E-state index contributed by atoms with van der Waals surface area (Å²) < 4.78 is 11.0. The summed E-state index contributed by atoms with van der Waals surface area (Å²) in [5.41, 5.74) is 7.03. The van der Waals surface area contributed by atoms with Gasteiger partial charge in [-0.15, -0.1) is 0 Å². The Morgan fingerprint density at radius 1 is 1.40 bits per heavy atom. The van der Waals surface area contributed by atoms with Gasteiger partial charge in [-0.25, -0.2) is 4.98 Å². The molecule has 2 aromatic rings. The first kappa shape index (κ1) is 14.3. The zero-order valence-corrected chi connectivity index (χ0v) is 11.7. The van der Waals surface area contributed by atoms with E-state index in [1.54, 1.807) is 6.07 Å². The van der Waals surface area contributed by atoms with Crippen molar-refractivity contribution in [2.45, 2.75) is 20.0 Å². The minimum atomic E-state index is -0.108. The smallest absolute Gasteiger partial charge is 0.214 e. The molecule has 1 atom stereocenters. The summed E-state index contributed by atoms with van der Waals surface area (Å²) in [5, 5.41) is 8.53. The number of amidine groups is 1. The second-order valence-corrected chi connectivity index (χ2v) is 4.53. The van der Waals surface area contributed by atoms with Gasteiger partial charge >= 0.3 is 0 Å². The van der Waals surface area contributed by atoms with Crippen LogP contribution in [0.4, 0.5) is 0 Å². The Morgan fingerprint density at radius 2 is 2.15 bits per heavy atom. The van der Waals surface area contributed by atoms with Crippen molar-refractivity contribution in [2.75, 3.05) is 13.2 Å². The lowest BCUT2D eigenvalue weighted by molar-refractivity contribution is 0.0635. The van der Waals surface area contributed by atoms with E-state index in [2.05, 4.69) is 4.98 Å². The van der Waals surface area contributed by atoms with Crippen LogP contribution >= 0.6 is 0 Å². The predicted octanol–water partition coefficient (Wildman–Crippen LogP) is 2.32. The van der Waals surface area contributed by atoms with Crippen molar-refractivity contribution >= 4 is 16.7 Å². The molecule has 0 aliphatic rings. The van der Waals surface area contributed by atoms with Crippen LogP contribution in [-0.4, -0.2) is 30.1 Å². The molecule has 3 N–H and O–H groups in total. The summed E-state index contributed by atoms with van der Waals surface area (Å²) in [6.45, 7) is 5.01. The Bertz CT molecular complexity index is 613. The van der Waals surface area contributed by atoms with Crippen LogP contribution in [0.15, 0.2) is 30.3 Å². The topological polar surface area (TPSA) is 81.2 Å². The number of rotatable bonds is 6. The third-order valence-electron chi connectivity index (χ3n) is 2.86. The number of nitrogens with one attached hydrogen (secondary N) is 1. The van der Waals surface area contributed by atoms with E-state index >= 15 is 0 Å². The van der Waals surface area contributed by atoms with Gasteiger partial charge in [-0.3, -0.25) is 5.41 Å². The fourth-order valence-electron chi connectivity index (χ4n) is 1.96. The monoisotopic (exact) mass is 273 g/mol. The lowest BCUT2D eigenvalue weighted by Crippen LogP contribution is -2.20. The summed E-state index contributed by atoms with van der Waals surface area (Å²) in [4.78, 5) is 4.44. The fourth-order valence-corrected chi connectivity index (χ4v) is 1.96. The molecule has 0 radical (unpaired) electrons. The molecular weight excluding hydrogens is 254 g/mol. The van der Waals surface area contributed by atoms with Crippen LogP contribution in [0, 0.1) is 5.41 Å². The van der Waals surface area contributed by atoms with E-state index in [1.165, 1.54) is 0 Å². The number of aromatic nitrogens is 1. The largest absolute Gasteiger partial charge is 0.472 e. The molecule has 1 unspecified atom stereocenters. The molecular formula is C15H19N3O2. The molecule has 0 saturated heterocycles. The van der Waals surface area contributed by atoms with Crippen LogP contribution in [0.3, 0.4) is 0 Å². The van der Waals surface area contributed by atoms with Gasteiger partial charge in [-0.2, -0.15) is 0 Å². The number of pyridine rings is 1. The Balaban J connectivity index is 2.32. The molecule has 20 heavy (non-hydrogen) atoms. The molecule has 0 aliphatic carbocycles. The first-order valence-electron chi connectivity index (χ1n) is 6.60. The predicted molar refractivity (Wildman–Crippen MR) is 79.3 cm³/mol. The lowest BCUT2D eigenvalue weighted by atomic mass is 10.1. The quantitative estimate of drug-likeness (QED) is 0.625. The number of fused-ring (bicyclic) bond motifs is 1. The maximum absolute atomic E-state index is 7.68. The van der Waals surface area contributed by atoms with Crippen molar-refractivity contribution in [3.63, 3.8) is 0 Å². The molecule has 0 bridgehead atoms. The van der Waals surface area contributed by atoms with Gasteiger partial charge in [0.15, 0.2) is 0 Å². The third kappa shape index (κ3) is 3.24. The van der Waals surface area contributed by atoms with Crippen molar-refractivity contribution < 1.29 is 9.47 Å². The van der Waals surface area contributed by atoms with Crippen LogP contribution in [0.2, 0.25) is 0 Å². The van der Waals surface area contributed by atoms with Crippen LogP contribution in [0.5, 0.6) is 5.88 Å². The number of nitrogens with two attached hydrogens (primary N) is 1. The van der Waals surface area contributed by atoms with Gasteiger partial charge in [0, 0.05) is 23.6 Å². The Labute approximate surface area is 118 Å².